The average Bonchev–Trinajstić information content (AvgIpc) is 3.80. The molecule has 0 aliphatic heterocycles. The third-order valence-electron chi connectivity index (χ3n) is 10.2. The van der Waals surface area contributed by atoms with Crippen LogP contribution in [0.5, 0.6) is 5.75 Å². The Kier molecular flexibility index (Phi) is 22.1. The van der Waals surface area contributed by atoms with E-state index in [0.29, 0.717) is 22.2 Å². The number of benzene rings is 2. The molecule has 0 fully saturated rings. The number of oxazole rings is 1. The SMILES string of the molecule is CC(C)[C@H](NC(=O)OC(C)(C)C)C(=O)NCCC(=O)OC[C@H](COc1ccc(-c2c(C#N)c(N)nc(SCc3coc(-c4ccc(Cl)cc4)n3)c2C#N)cc1)OC(=O)CCNC(=O)[C@@H](NC(=O)OC(C)(C)C)C(C)C. The van der Waals surface area contributed by atoms with Crippen molar-refractivity contribution in [2.24, 2.45) is 11.8 Å². The van der Waals surface area contributed by atoms with Gasteiger partial charge in [-0.3, -0.25) is 19.2 Å². The minimum absolute atomic E-state index is 0.0168. The van der Waals surface area contributed by atoms with Gasteiger partial charge in [-0.15, -0.1) is 0 Å². The van der Waals surface area contributed by atoms with Crippen molar-refractivity contribution >= 4 is 65.1 Å². The summed E-state index contributed by atoms with van der Waals surface area (Å²) in [5, 5.41) is 31.7. The van der Waals surface area contributed by atoms with Crippen molar-refractivity contribution in [3.05, 3.63) is 76.6 Å². The zero-order chi connectivity index (χ0) is 55.6. The van der Waals surface area contributed by atoms with Crippen molar-refractivity contribution < 1.29 is 56.9 Å². The molecule has 0 saturated carbocycles. The molecule has 0 aliphatic carbocycles. The minimum Gasteiger partial charge on any atom is -0.490 e. The lowest BCUT2D eigenvalue weighted by Crippen LogP contribution is -2.51. The lowest BCUT2D eigenvalue weighted by atomic mass is 9.97. The van der Waals surface area contributed by atoms with E-state index in [2.05, 4.69) is 43.4 Å². The molecule has 2 heterocycles. The number of nitrogens with zero attached hydrogens (tertiary/aromatic N) is 4. The molecule has 0 bridgehead atoms. The second-order valence-electron chi connectivity index (χ2n) is 19.5. The Bertz CT molecular complexity index is 2720. The summed E-state index contributed by atoms with van der Waals surface area (Å²) in [6.07, 6.45) is -1.86. The molecule has 3 atom stereocenters. The van der Waals surface area contributed by atoms with Crippen LogP contribution in [0.2, 0.25) is 5.02 Å². The molecule has 21 nitrogen and oxygen atoms in total. The average molecular weight is 1070 g/mol. The van der Waals surface area contributed by atoms with Crippen molar-refractivity contribution in [3.8, 4) is 40.5 Å². The van der Waals surface area contributed by atoms with Crippen molar-refractivity contribution in [1.82, 2.24) is 31.2 Å². The molecule has 6 N–H and O–H groups in total. The van der Waals surface area contributed by atoms with E-state index >= 15 is 0 Å². The van der Waals surface area contributed by atoms with E-state index in [-0.39, 0.29) is 83.4 Å². The van der Waals surface area contributed by atoms with Crippen LogP contribution in [0.4, 0.5) is 15.4 Å². The number of esters is 2. The molecule has 0 saturated heterocycles. The molecule has 0 unspecified atom stereocenters. The zero-order valence-electron chi connectivity index (χ0n) is 43.6. The number of ether oxygens (including phenoxy) is 5. The fraction of sp³-hybridized carbons (Fsp3) is 0.462. The number of hydrogen-bond donors (Lipinski definition) is 5. The minimum atomic E-state index is -1.19. The number of amides is 4. The van der Waals surface area contributed by atoms with Crippen LogP contribution < -0.4 is 31.7 Å². The van der Waals surface area contributed by atoms with E-state index in [1.54, 1.807) is 118 Å². The van der Waals surface area contributed by atoms with Gasteiger partial charge in [-0.2, -0.15) is 10.5 Å². The van der Waals surface area contributed by atoms with Crippen LogP contribution in [0, 0.1) is 34.5 Å². The number of nitrogens with one attached hydrogen (secondary N) is 4. The highest BCUT2D eigenvalue weighted by Crippen LogP contribution is 2.37. The number of pyridine rings is 1. The number of nitriles is 2. The monoisotopic (exact) mass is 1070 g/mol. The quantitative estimate of drug-likeness (QED) is 0.0271. The van der Waals surface area contributed by atoms with Crippen molar-refractivity contribution in [2.45, 2.75) is 122 Å². The van der Waals surface area contributed by atoms with E-state index < -0.39 is 71.9 Å². The third kappa shape index (κ3) is 19.7. The molecule has 4 aromatic rings. The lowest BCUT2D eigenvalue weighted by molar-refractivity contribution is -0.160. The topological polar surface area (TPSA) is 309 Å². The summed E-state index contributed by atoms with van der Waals surface area (Å²) in [6.45, 7) is 15.9. The van der Waals surface area contributed by atoms with Crippen LogP contribution in [0.15, 0.2) is 64.2 Å². The highest BCUT2D eigenvalue weighted by Gasteiger charge is 2.29. The Morgan fingerprint density at radius 2 is 1.25 bits per heavy atom. The summed E-state index contributed by atoms with van der Waals surface area (Å²) >= 11 is 7.20. The molecular formula is C52H64ClN9O12S. The normalized spacial score (nSPS) is 12.5. The summed E-state index contributed by atoms with van der Waals surface area (Å²) in [4.78, 5) is 85.9. The van der Waals surface area contributed by atoms with Gasteiger partial charge in [-0.25, -0.2) is 19.6 Å². The maximum atomic E-state index is 13.2. The molecule has 0 radical (unpaired) electrons. The van der Waals surface area contributed by atoms with Gasteiger partial charge in [-0.05, 0) is 95.3 Å². The predicted octanol–water partition coefficient (Wildman–Crippen LogP) is 7.62. The van der Waals surface area contributed by atoms with E-state index in [4.69, 9.17) is 45.4 Å². The van der Waals surface area contributed by atoms with E-state index in [1.807, 2.05) is 0 Å². The fourth-order valence-corrected chi connectivity index (χ4v) is 7.69. The van der Waals surface area contributed by atoms with Gasteiger partial charge in [-0.1, -0.05) is 63.2 Å². The van der Waals surface area contributed by atoms with E-state index in [1.165, 1.54) is 18.0 Å². The van der Waals surface area contributed by atoms with Gasteiger partial charge in [0.05, 0.1) is 24.1 Å². The van der Waals surface area contributed by atoms with Gasteiger partial charge in [0.2, 0.25) is 17.7 Å². The molecule has 0 spiro atoms. The number of alkyl carbamates (subject to hydrolysis) is 2. The fourth-order valence-electron chi connectivity index (χ4n) is 6.69. The number of nitrogens with two attached hydrogens (primary N) is 1. The maximum absolute atomic E-state index is 13.2. The smallest absolute Gasteiger partial charge is 0.408 e. The Hall–Kier alpha value is -7.56. The van der Waals surface area contributed by atoms with Crippen LogP contribution in [0.1, 0.15) is 98.9 Å². The summed E-state index contributed by atoms with van der Waals surface area (Å²) in [5.41, 5.74) is 6.73. The lowest BCUT2D eigenvalue weighted by Gasteiger charge is -2.25. The van der Waals surface area contributed by atoms with Crippen molar-refractivity contribution in [3.63, 3.8) is 0 Å². The van der Waals surface area contributed by atoms with Crippen LogP contribution in [0.25, 0.3) is 22.6 Å². The Morgan fingerprint density at radius 3 is 1.76 bits per heavy atom. The molecule has 4 rings (SSSR count). The first kappa shape index (κ1) is 60.0. The van der Waals surface area contributed by atoms with Gasteiger partial charge < -0.3 is 55.1 Å². The number of halogens is 1. The first-order chi connectivity index (χ1) is 35.3. The van der Waals surface area contributed by atoms with Gasteiger partial charge in [0.15, 0.2) is 6.10 Å². The van der Waals surface area contributed by atoms with Gasteiger partial charge in [0.1, 0.15) is 77.1 Å². The molecule has 402 valence electrons. The van der Waals surface area contributed by atoms with Crippen molar-refractivity contribution in [1.29, 1.82) is 10.5 Å². The summed E-state index contributed by atoms with van der Waals surface area (Å²) < 4.78 is 33.3. The Morgan fingerprint density at radius 1 is 0.733 bits per heavy atom. The summed E-state index contributed by atoms with van der Waals surface area (Å²) in [7, 11) is 0. The second-order valence-corrected chi connectivity index (χ2v) is 20.9. The predicted molar refractivity (Wildman–Crippen MR) is 278 cm³/mol. The number of thioether (sulfide) groups is 1. The van der Waals surface area contributed by atoms with Gasteiger partial charge >= 0.3 is 24.1 Å². The number of anilines is 1. The van der Waals surface area contributed by atoms with Crippen molar-refractivity contribution in [2.75, 3.05) is 32.0 Å². The number of aromatic nitrogens is 2. The second kappa shape index (κ2) is 27.7. The van der Waals surface area contributed by atoms with Crippen LogP contribution >= 0.6 is 23.4 Å². The number of hydrogen-bond acceptors (Lipinski definition) is 18. The molecular weight excluding hydrogens is 1010 g/mol. The standard InChI is InChI=1S/C52H64ClN9O12S/c1-29(2)42(60-49(67)73-51(5,6)7)45(65)57-21-19-39(63)70-27-36(72-40(64)20-22-58-46(66)43(30(3)4)61-50(68)74-52(8,9)10)26-69-35-17-13-31(14-18-35)41-37(23-54)44(56)62-48(38(41)24-55)75-28-34-25-71-47(59-34)32-11-15-33(53)16-12-32/h11-18,25,29-30,36,42-43H,19-22,26-28H2,1-10H3,(H2,56,62)(H,57,65)(H,58,66)(H,60,67)(H,61,68)/t36-,42-,43-/m0/s1. The van der Waals surface area contributed by atoms with Crippen LogP contribution in [-0.2, 0) is 43.9 Å². The van der Waals surface area contributed by atoms with E-state index in [9.17, 15) is 39.3 Å². The van der Waals surface area contributed by atoms with Gasteiger partial charge in [0.25, 0.3) is 0 Å². The third-order valence-corrected chi connectivity index (χ3v) is 11.5. The number of rotatable bonds is 23. The molecule has 23 heteroatoms. The molecule has 2 aromatic carbocycles. The van der Waals surface area contributed by atoms with E-state index in [0.717, 1.165) is 5.56 Å². The largest absolute Gasteiger partial charge is 0.490 e. The number of carbonyl (C=O) groups is 6. The molecule has 75 heavy (non-hydrogen) atoms. The van der Waals surface area contributed by atoms with Crippen LogP contribution in [-0.4, -0.2) is 102 Å². The number of carbonyl (C=O) groups excluding carboxylic acids is 6. The Balaban J connectivity index is 1.45. The summed E-state index contributed by atoms with van der Waals surface area (Å²) in [6, 6.07) is 15.6. The Labute approximate surface area is 445 Å². The molecule has 2 aromatic heterocycles. The first-order valence-electron chi connectivity index (χ1n) is 23.9. The highest BCUT2D eigenvalue weighted by atomic mass is 35.5. The maximum Gasteiger partial charge on any atom is 0.408 e. The first-order valence-corrected chi connectivity index (χ1v) is 25.2. The summed E-state index contributed by atoms with van der Waals surface area (Å²) in [5.74, 6) is -2.51. The number of nitrogen functional groups attached to an aromatic ring is 1. The van der Waals surface area contributed by atoms with Gasteiger partial charge in [0, 0.05) is 35.0 Å². The molecule has 0 aliphatic rings. The molecule has 4 amide bonds. The van der Waals surface area contributed by atoms with Crippen LogP contribution in [0.3, 0.4) is 0 Å². The highest BCUT2D eigenvalue weighted by molar-refractivity contribution is 7.98. The zero-order valence-corrected chi connectivity index (χ0v) is 45.2.